The third kappa shape index (κ3) is 4.45. The van der Waals surface area contributed by atoms with Crippen LogP contribution in [-0.4, -0.2) is 23.0 Å². The van der Waals surface area contributed by atoms with E-state index in [1.807, 2.05) is 0 Å². The van der Waals surface area contributed by atoms with Crippen molar-refractivity contribution in [1.82, 2.24) is 5.32 Å². The van der Waals surface area contributed by atoms with Gasteiger partial charge in [0.15, 0.2) is 6.10 Å². The number of carboxylic acid groups (broad SMARTS) is 1. The van der Waals surface area contributed by atoms with E-state index in [2.05, 4.69) is 5.32 Å². The SMILES string of the molecule is CC(Oc1ccc(C(=O)NC2CCCCC2)cc1)c1ccc(C(=O)O)o1. The number of ether oxygens (including phenoxy) is 1. The van der Waals surface area contributed by atoms with E-state index in [0.29, 0.717) is 17.1 Å². The largest absolute Gasteiger partial charge is 0.483 e. The molecule has 1 unspecified atom stereocenters. The average Bonchev–Trinajstić information content (AvgIpc) is 3.14. The van der Waals surface area contributed by atoms with Gasteiger partial charge >= 0.3 is 5.97 Å². The van der Waals surface area contributed by atoms with E-state index >= 15 is 0 Å². The summed E-state index contributed by atoms with van der Waals surface area (Å²) in [5.41, 5.74) is 0.599. The summed E-state index contributed by atoms with van der Waals surface area (Å²) in [5, 5.41) is 12.0. The van der Waals surface area contributed by atoms with Crippen LogP contribution in [0.15, 0.2) is 40.8 Å². The van der Waals surface area contributed by atoms with Gasteiger partial charge in [0, 0.05) is 11.6 Å². The molecule has 0 saturated heterocycles. The molecule has 0 bridgehead atoms. The number of benzene rings is 1. The molecule has 0 radical (unpaired) electrons. The summed E-state index contributed by atoms with van der Waals surface area (Å²) in [6.45, 7) is 1.77. The molecular formula is C20H23NO5. The van der Waals surface area contributed by atoms with Gasteiger partial charge in [0.25, 0.3) is 5.91 Å². The van der Waals surface area contributed by atoms with Gasteiger partial charge in [-0.1, -0.05) is 19.3 Å². The predicted molar refractivity (Wildman–Crippen MR) is 95.5 cm³/mol. The molecule has 1 aromatic heterocycles. The molecule has 0 aliphatic heterocycles. The van der Waals surface area contributed by atoms with Gasteiger partial charge < -0.3 is 19.6 Å². The zero-order valence-electron chi connectivity index (χ0n) is 14.7. The summed E-state index contributed by atoms with van der Waals surface area (Å²) < 4.78 is 11.0. The second kappa shape index (κ2) is 8.08. The maximum Gasteiger partial charge on any atom is 0.371 e. The van der Waals surface area contributed by atoms with Crippen LogP contribution in [0.2, 0.25) is 0 Å². The molecule has 138 valence electrons. The number of carbonyl (C=O) groups is 2. The average molecular weight is 357 g/mol. The van der Waals surface area contributed by atoms with E-state index in [-0.39, 0.29) is 17.7 Å². The van der Waals surface area contributed by atoms with Crippen molar-refractivity contribution in [2.24, 2.45) is 0 Å². The fourth-order valence-corrected chi connectivity index (χ4v) is 3.15. The molecule has 6 heteroatoms. The lowest BCUT2D eigenvalue weighted by Gasteiger charge is -2.22. The first-order valence-electron chi connectivity index (χ1n) is 8.93. The standard InChI is InChI=1S/C20H23NO5/c1-13(17-11-12-18(26-17)20(23)24)25-16-9-7-14(8-10-16)19(22)21-15-5-3-2-4-6-15/h7-13,15H,2-6H2,1H3,(H,21,22)(H,23,24). The lowest BCUT2D eigenvalue weighted by atomic mass is 9.95. The number of aromatic carboxylic acids is 1. The van der Waals surface area contributed by atoms with E-state index in [1.165, 1.54) is 25.3 Å². The monoisotopic (exact) mass is 357 g/mol. The number of hydrogen-bond acceptors (Lipinski definition) is 4. The van der Waals surface area contributed by atoms with Crippen LogP contribution >= 0.6 is 0 Å². The first-order chi connectivity index (χ1) is 12.5. The summed E-state index contributed by atoms with van der Waals surface area (Å²) in [7, 11) is 0. The van der Waals surface area contributed by atoms with Crippen LogP contribution in [0.25, 0.3) is 0 Å². The van der Waals surface area contributed by atoms with Crippen LogP contribution in [0.4, 0.5) is 0 Å². The molecule has 1 saturated carbocycles. The fourth-order valence-electron chi connectivity index (χ4n) is 3.15. The Labute approximate surface area is 152 Å². The predicted octanol–water partition coefficient (Wildman–Crippen LogP) is 4.18. The number of nitrogens with one attached hydrogen (secondary N) is 1. The zero-order chi connectivity index (χ0) is 18.5. The highest BCUT2D eigenvalue weighted by Crippen LogP contribution is 2.24. The molecule has 0 spiro atoms. The lowest BCUT2D eigenvalue weighted by molar-refractivity contribution is 0.0655. The van der Waals surface area contributed by atoms with Gasteiger partial charge in [-0.25, -0.2) is 4.79 Å². The number of carbonyl (C=O) groups excluding carboxylic acids is 1. The Morgan fingerprint density at radius 2 is 1.81 bits per heavy atom. The van der Waals surface area contributed by atoms with E-state index in [0.717, 1.165) is 12.8 Å². The summed E-state index contributed by atoms with van der Waals surface area (Å²) >= 11 is 0. The van der Waals surface area contributed by atoms with Crippen molar-refractivity contribution in [2.45, 2.75) is 51.2 Å². The Morgan fingerprint density at radius 3 is 2.42 bits per heavy atom. The van der Waals surface area contributed by atoms with Crippen LogP contribution in [0.3, 0.4) is 0 Å². The molecule has 1 atom stereocenters. The highest BCUT2D eigenvalue weighted by Gasteiger charge is 2.18. The molecule has 1 fully saturated rings. The smallest absolute Gasteiger partial charge is 0.371 e. The Hall–Kier alpha value is -2.76. The van der Waals surface area contributed by atoms with Crippen molar-refractivity contribution < 1.29 is 23.8 Å². The van der Waals surface area contributed by atoms with E-state index in [1.54, 1.807) is 37.3 Å². The molecule has 1 heterocycles. The minimum absolute atomic E-state index is 0.0615. The van der Waals surface area contributed by atoms with Gasteiger partial charge in [0.05, 0.1) is 0 Å². The molecule has 1 aromatic carbocycles. The number of hydrogen-bond donors (Lipinski definition) is 2. The first kappa shape index (κ1) is 18.0. The van der Waals surface area contributed by atoms with Crippen LogP contribution in [-0.2, 0) is 0 Å². The Morgan fingerprint density at radius 1 is 1.12 bits per heavy atom. The Balaban J connectivity index is 1.57. The quantitative estimate of drug-likeness (QED) is 0.809. The summed E-state index contributed by atoms with van der Waals surface area (Å²) in [5.74, 6) is -0.280. The molecule has 2 aromatic rings. The first-order valence-corrected chi connectivity index (χ1v) is 8.93. The second-order valence-corrected chi connectivity index (χ2v) is 6.60. The summed E-state index contributed by atoms with van der Waals surface area (Å²) in [6.07, 6.45) is 5.25. The number of amides is 1. The molecule has 6 nitrogen and oxygen atoms in total. The van der Waals surface area contributed by atoms with E-state index in [4.69, 9.17) is 14.3 Å². The maximum absolute atomic E-state index is 12.3. The Kier molecular flexibility index (Phi) is 5.61. The van der Waals surface area contributed by atoms with Gasteiger partial charge in [-0.15, -0.1) is 0 Å². The lowest BCUT2D eigenvalue weighted by Crippen LogP contribution is -2.36. The summed E-state index contributed by atoms with van der Waals surface area (Å²) in [6, 6.07) is 10.2. The number of carboxylic acids is 1. The van der Waals surface area contributed by atoms with Gasteiger partial charge in [0.2, 0.25) is 5.76 Å². The minimum Gasteiger partial charge on any atom is -0.483 e. The van der Waals surface area contributed by atoms with Crippen LogP contribution in [0.5, 0.6) is 5.75 Å². The molecule has 3 rings (SSSR count). The van der Waals surface area contributed by atoms with Crippen molar-refractivity contribution in [3.63, 3.8) is 0 Å². The van der Waals surface area contributed by atoms with Crippen molar-refractivity contribution in [2.75, 3.05) is 0 Å². The van der Waals surface area contributed by atoms with Crippen molar-refractivity contribution in [3.05, 3.63) is 53.5 Å². The molecule has 2 N–H and O–H groups in total. The van der Waals surface area contributed by atoms with Crippen LogP contribution in [0.1, 0.15) is 71.8 Å². The third-order valence-electron chi connectivity index (χ3n) is 4.61. The van der Waals surface area contributed by atoms with E-state index < -0.39 is 12.1 Å². The van der Waals surface area contributed by atoms with Gasteiger partial charge in [0.1, 0.15) is 11.5 Å². The van der Waals surface area contributed by atoms with E-state index in [9.17, 15) is 9.59 Å². The Bertz CT molecular complexity index is 759. The minimum atomic E-state index is -1.11. The zero-order valence-corrected chi connectivity index (χ0v) is 14.7. The number of rotatable bonds is 6. The molecule has 26 heavy (non-hydrogen) atoms. The van der Waals surface area contributed by atoms with Crippen molar-refractivity contribution in [3.8, 4) is 5.75 Å². The van der Waals surface area contributed by atoms with Crippen LogP contribution in [0, 0.1) is 0 Å². The molecule has 1 aliphatic carbocycles. The topological polar surface area (TPSA) is 88.8 Å². The van der Waals surface area contributed by atoms with Crippen molar-refractivity contribution >= 4 is 11.9 Å². The third-order valence-corrected chi connectivity index (χ3v) is 4.61. The maximum atomic E-state index is 12.3. The van der Waals surface area contributed by atoms with Crippen molar-refractivity contribution in [1.29, 1.82) is 0 Å². The molecular weight excluding hydrogens is 334 g/mol. The van der Waals surface area contributed by atoms with Gasteiger partial charge in [-0.2, -0.15) is 0 Å². The normalized spacial score (nSPS) is 16.0. The second-order valence-electron chi connectivity index (χ2n) is 6.60. The fraction of sp³-hybridized carbons (Fsp3) is 0.400. The summed E-state index contributed by atoms with van der Waals surface area (Å²) in [4.78, 5) is 23.2. The molecule has 1 aliphatic rings. The number of furan rings is 1. The molecule has 1 amide bonds. The highest BCUT2D eigenvalue weighted by molar-refractivity contribution is 5.94. The van der Waals surface area contributed by atoms with Crippen LogP contribution < -0.4 is 10.1 Å². The van der Waals surface area contributed by atoms with Gasteiger partial charge in [-0.3, -0.25) is 4.79 Å². The van der Waals surface area contributed by atoms with Gasteiger partial charge in [-0.05, 0) is 56.2 Å². The highest BCUT2D eigenvalue weighted by atomic mass is 16.5.